The maximum absolute atomic E-state index is 12.8. The Morgan fingerprint density at radius 1 is 1.22 bits per heavy atom. The molecule has 0 aliphatic carbocycles. The van der Waals surface area contributed by atoms with Crippen molar-refractivity contribution in [3.8, 4) is 10.4 Å². The number of hydrogen-bond donors (Lipinski definition) is 1. The van der Waals surface area contributed by atoms with Gasteiger partial charge in [-0.25, -0.2) is 4.39 Å². The molecule has 0 unspecified atom stereocenters. The van der Waals surface area contributed by atoms with E-state index in [4.69, 9.17) is 5.11 Å². The van der Waals surface area contributed by atoms with Crippen molar-refractivity contribution >= 4 is 17.4 Å². The van der Waals surface area contributed by atoms with Crippen molar-refractivity contribution in [2.75, 3.05) is 6.61 Å². The first-order chi connectivity index (χ1) is 8.72. The molecule has 0 saturated carbocycles. The summed E-state index contributed by atoms with van der Waals surface area (Å²) in [6, 6.07) is 10.5. The van der Waals surface area contributed by atoms with Crippen LogP contribution in [0.2, 0.25) is 0 Å². The summed E-state index contributed by atoms with van der Waals surface area (Å²) in [5, 5.41) is 9.14. The van der Waals surface area contributed by atoms with Crippen LogP contribution in [0.3, 0.4) is 0 Å². The van der Waals surface area contributed by atoms with Gasteiger partial charge in [0.1, 0.15) is 5.82 Å². The topological polar surface area (TPSA) is 20.2 Å². The van der Waals surface area contributed by atoms with E-state index < -0.39 is 0 Å². The third-order valence-electron chi connectivity index (χ3n) is 2.76. The average molecular weight is 262 g/mol. The Hall–Kier alpha value is -1.45. The molecule has 0 aliphatic rings. The number of aliphatic hydroxyl groups excluding tert-OH is 1. The lowest BCUT2D eigenvalue weighted by Gasteiger charge is -1.98. The summed E-state index contributed by atoms with van der Waals surface area (Å²) >= 11 is 1.64. The zero-order chi connectivity index (χ0) is 13.0. The summed E-state index contributed by atoms with van der Waals surface area (Å²) in [5.74, 6) is -0.219. The van der Waals surface area contributed by atoms with E-state index in [1.807, 2.05) is 25.1 Å². The van der Waals surface area contributed by atoms with Gasteiger partial charge in [0, 0.05) is 9.75 Å². The van der Waals surface area contributed by atoms with Gasteiger partial charge in [-0.2, -0.15) is 0 Å². The molecule has 0 spiro atoms. The second-order valence-corrected chi connectivity index (χ2v) is 5.14. The fraction of sp³-hybridized carbons (Fsp3) is 0.200. The lowest BCUT2D eigenvalue weighted by molar-refractivity contribution is 0.329. The first-order valence-electron chi connectivity index (χ1n) is 5.89. The summed E-state index contributed by atoms with van der Waals surface area (Å²) in [5.41, 5.74) is 2.03. The minimum atomic E-state index is -0.219. The number of hydrogen-bond acceptors (Lipinski definition) is 2. The number of rotatable bonds is 4. The number of thiophene rings is 1. The zero-order valence-electron chi connectivity index (χ0n) is 10.2. The Morgan fingerprint density at radius 2 is 1.94 bits per heavy atom. The lowest BCUT2D eigenvalue weighted by Crippen LogP contribution is -1.86. The monoisotopic (exact) mass is 262 g/mol. The summed E-state index contributed by atoms with van der Waals surface area (Å²) < 4.78 is 12.8. The Balaban J connectivity index is 2.25. The fourth-order valence-corrected chi connectivity index (χ4v) is 2.67. The van der Waals surface area contributed by atoms with Crippen LogP contribution in [0.15, 0.2) is 42.0 Å². The molecule has 0 atom stereocenters. The molecule has 3 heteroatoms. The Bertz CT molecular complexity index is 534. The molecule has 0 radical (unpaired) electrons. The van der Waals surface area contributed by atoms with E-state index >= 15 is 0 Å². The largest absolute Gasteiger partial charge is 0.392 e. The van der Waals surface area contributed by atoms with Crippen molar-refractivity contribution < 1.29 is 9.50 Å². The molecule has 18 heavy (non-hydrogen) atoms. The van der Waals surface area contributed by atoms with Gasteiger partial charge in [0.2, 0.25) is 0 Å². The van der Waals surface area contributed by atoms with Crippen molar-refractivity contribution in [3.05, 3.63) is 52.7 Å². The molecule has 2 rings (SSSR count). The van der Waals surface area contributed by atoms with Gasteiger partial charge in [-0.1, -0.05) is 19.1 Å². The molecular formula is C15H15FOS. The van der Waals surface area contributed by atoms with Gasteiger partial charge in [-0.15, -0.1) is 11.3 Å². The molecule has 1 aromatic heterocycles. The third kappa shape index (κ3) is 3.06. The van der Waals surface area contributed by atoms with Crippen LogP contribution < -0.4 is 0 Å². The van der Waals surface area contributed by atoms with Crippen LogP contribution in [-0.4, -0.2) is 11.7 Å². The zero-order valence-corrected chi connectivity index (χ0v) is 11.0. The summed E-state index contributed by atoms with van der Waals surface area (Å²) in [7, 11) is 0. The highest BCUT2D eigenvalue weighted by atomic mass is 32.1. The highest BCUT2D eigenvalue weighted by Gasteiger charge is 2.02. The number of halogens is 1. The van der Waals surface area contributed by atoms with E-state index in [0.29, 0.717) is 0 Å². The van der Waals surface area contributed by atoms with Crippen LogP contribution in [0, 0.1) is 5.82 Å². The van der Waals surface area contributed by atoms with Crippen molar-refractivity contribution in [1.82, 2.24) is 0 Å². The number of aliphatic hydroxyl groups is 1. The molecule has 0 aliphatic heterocycles. The molecular weight excluding hydrogens is 247 g/mol. The van der Waals surface area contributed by atoms with Gasteiger partial charge >= 0.3 is 0 Å². The smallest absolute Gasteiger partial charge is 0.123 e. The van der Waals surface area contributed by atoms with Crippen molar-refractivity contribution in [2.24, 2.45) is 0 Å². The minimum Gasteiger partial charge on any atom is -0.392 e. The molecule has 1 N–H and O–H groups in total. The van der Waals surface area contributed by atoms with E-state index in [2.05, 4.69) is 0 Å². The van der Waals surface area contributed by atoms with Crippen LogP contribution >= 0.6 is 11.3 Å². The van der Waals surface area contributed by atoms with Crippen molar-refractivity contribution in [1.29, 1.82) is 0 Å². The van der Waals surface area contributed by atoms with Crippen LogP contribution in [0.1, 0.15) is 18.2 Å². The van der Waals surface area contributed by atoms with Gasteiger partial charge < -0.3 is 5.11 Å². The highest BCUT2D eigenvalue weighted by Crippen LogP contribution is 2.29. The standard InChI is InChI=1S/C15H15FOS/c1-2-11(10-17)9-14-7-8-15(18-14)12-3-5-13(16)6-4-12/h3-9,17H,2,10H2,1H3. The van der Waals surface area contributed by atoms with Gasteiger partial charge in [-0.3, -0.25) is 0 Å². The summed E-state index contributed by atoms with van der Waals surface area (Å²) in [6.45, 7) is 2.12. The molecule has 0 fully saturated rings. The van der Waals surface area contributed by atoms with E-state index in [1.165, 1.54) is 12.1 Å². The van der Waals surface area contributed by atoms with E-state index in [1.54, 1.807) is 23.5 Å². The second-order valence-electron chi connectivity index (χ2n) is 4.02. The highest BCUT2D eigenvalue weighted by molar-refractivity contribution is 7.16. The van der Waals surface area contributed by atoms with Crippen LogP contribution in [0.5, 0.6) is 0 Å². The lowest BCUT2D eigenvalue weighted by atomic mass is 10.2. The predicted octanol–water partition coefficient (Wildman–Crippen LogP) is 4.34. The fourth-order valence-electron chi connectivity index (χ4n) is 1.66. The van der Waals surface area contributed by atoms with Crippen LogP contribution in [0.4, 0.5) is 4.39 Å². The van der Waals surface area contributed by atoms with Gasteiger partial charge in [-0.05, 0) is 47.9 Å². The molecule has 0 saturated heterocycles. The molecule has 94 valence electrons. The second kappa shape index (κ2) is 5.94. The molecule has 2 aromatic rings. The predicted molar refractivity (Wildman–Crippen MR) is 75.1 cm³/mol. The number of benzene rings is 1. The van der Waals surface area contributed by atoms with E-state index in [0.717, 1.165) is 27.3 Å². The Labute approximate surface area is 110 Å². The van der Waals surface area contributed by atoms with Crippen molar-refractivity contribution in [2.45, 2.75) is 13.3 Å². The maximum atomic E-state index is 12.8. The maximum Gasteiger partial charge on any atom is 0.123 e. The Kier molecular flexibility index (Phi) is 4.28. The SMILES string of the molecule is CCC(=Cc1ccc(-c2ccc(F)cc2)s1)CO. The molecule has 1 aromatic carbocycles. The van der Waals surface area contributed by atoms with Crippen molar-refractivity contribution in [3.63, 3.8) is 0 Å². The van der Waals surface area contributed by atoms with Crippen LogP contribution in [0.25, 0.3) is 16.5 Å². The normalized spacial score (nSPS) is 11.8. The summed E-state index contributed by atoms with van der Waals surface area (Å²) in [6.07, 6.45) is 2.86. The van der Waals surface area contributed by atoms with Gasteiger partial charge in [0.05, 0.1) is 6.61 Å². The summed E-state index contributed by atoms with van der Waals surface area (Å²) in [4.78, 5) is 2.22. The molecule has 1 heterocycles. The minimum absolute atomic E-state index is 0.0975. The van der Waals surface area contributed by atoms with Crippen LogP contribution in [-0.2, 0) is 0 Å². The molecule has 0 bridgehead atoms. The first kappa shape index (κ1) is 13.0. The third-order valence-corrected chi connectivity index (χ3v) is 3.84. The quantitative estimate of drug-likeness (QED) is 0.869. The van der Waals surface area contributed by atoms with Gasteiger partial charge in [0.15, 0.2) is 0 Å². The first-order valence-corrected chi connectivity index (χ1v) is 6.70. The van der Waals surface area contributed by atoms with E-state index in [-0.39, 0.29) is 12.4 Å². The average Bonchev–Trinajstić information content (AvgIpc) is 2.85. The van der Waals surface area contributed by atoms with E-state index in [9.17, 15) is 4.39 Å². The molecule has 1 nitrogen and oxygen atoms in total. The Morgan fingerprint density at radius 3 is 2.56 bits per heavy atom. The molecule has 0 amide bonds. The van der Waals surface area contributed by atoms with Gasteiger partial charge in [0.25, 0.3) is 0 Å².